The third kappa shape index (κ3) is 2.62. The number of hydrogen-bond acceptors (Lipinski definition) is 3. The van der Waals surface area contributed by atoms with Crippen LogP contribution in [0.25, 0.3) is 0 Å². The molecule has 3 nitrogen and oxygen atoms in total. The van der Waals surface area contributed by atoms with Crippen LogP contribution in [0.3, 0.4) is 0 Å². The van der Waals surface area contributed by atoms with Gasteiger partial charge in [-0.2, -0.15) is 0 Å². The van der Waals surface area contributed by atoms with E-state index < -0.39 is 0 Å². The lowest BCUT2D eigenvalue weighted by molar-refractivity contribution is 0.318. The van der Waals surface area contributed by atoms with Crippen LogP contribution < -0.4 is 5.32 Å². The molecular weight excluding hydrogens is 234 g/mol. The normalized spacial score (nSPS) is 27.5. The maximum absolute atomic E-state index is 4.59. The van der Waals surface area contributed by atoms with Crippen LogP contribution >= 0.6 is 0 Å². The van der Waals surface area contributed by atoms with Crippen LogP contribution in [0.4, 0.5) is 5.82 Å². The molecule has 2 unspecified atom stereocenters. The molecule has 0 aliphatic carbocycles. The molecule has 2 atom stereocenters. The summed E-state index contributed by atoms with van der Waals surface area (Å²) >= 11 is 0. The molecule has 19 heavy (non-hydrogen) atoms. The molecule has 3 rings (SSSR count). The summed E-state index contributed by atoms with van der Waals surface area (Å²) in [4.78, 5) is 7.22. The van der Waals surface area contributed by atoms with E-state index in [0.29, 0.717) is 6.04 Å². The predicted octanol–water partition coefficient (Wildman–Crippen LogP) is 3.03. The van der Waals surface area contributed by atoms with Crippen LogP contribution in [0.2, 0.25) is 0 Å². The first-order valence-electron chi connectivity index (χ1n) is 7.51. The van der Waals surface area contributed by atoms with E-state index >= 15 is 0 Å². The molecular formula is C16H25N3. The van der Waals surface area contributed by atoms with Gasteiger partial charge in [-0.15, -0.1) is 0 Å². The number of fused-ring (bicyclic) bond motifs is 1. The lowest BCUT2D eigenvalue weighted by Gasteiger charge is -2.23. The molecule has 0 radical (unpaired) electrons. The monoisotopic (exact) mass is 259 g/mol. The average Bonchev–Trinajstić information content (AvgIpc) is 2.94. The molecule has 2 fully saturated rings. The molecule has 1 aromatic rings. The van der Waals surface area contributed by atoms with Crippen molar-refractivity contribution in [3.8, 4) is 0 Å². The van der Waals surface area contributed by atoms with E-state index in [0.717, 1.165) is 11.9 Å². The fourth-order valence-electron chi connectivity index (χ4n) is 3.36. The zero-order valence-corrected chi connectivity index (χ0v) is 12.3. The number of pyridine rings is 1. The highest BCUT2D eigenvalue weighted by atomic mass is 15.2. The summed E-state index contributed by atoms with van der Waals surface area (Å²) in [5.74, 6) is 1.03. The molecule has 1 aromatic heterocycles. The maximum atomic E-state index is 4.59. The van der Waals surface area contributed by atoms with Gasteiger partial charge >= 0.3 is 0 Å². The van der Waals surface area contributed by atoms with Crippen LogP contribution in [-0.2, 0) is 5.41 Å². The van der Waals surface area contributed by atoms with Gasteiger partial charge in [0.2, 0.25) is 0 Å². The van der Waals surface area contributed by atoms with Crippen molar-refractivity contribution < 1.29 is 0 Å². The molecule has 104 valence electrons. The Bertz CT molecular complexity index is 432. The fraction of sp³-hybridized carbons (Fsp3) is 0.688. The summed E-state index contributed by atoms with van der Waals surface area (Å²) < 4.78 is 0. The number of nitrogens with zero attached hydrogens (tertiary/aromatic N) is 2. The molecule has 0 bridgehead atoms. The van der Waals surface area contributed by atoms with E-state index in [4.69, 9.17) is 0 Å². The molecule has 1 N–H and O–H groups in total. The number of anilines is 1. The van der Waals surface area contributed by atoms with Gasteiger partial charge in [-0.3, -0.25) is 4.90 Å². The molecule has 2 aliphatic heterocycles. The lowest BCUT2D eigenvalue weighted by Crippen LogP contribution is -2.34. The topological polar surface area (TPSA) is 28.2 Å². The second kappa shape index (κ2) is 4.78. The molecule has 0 saturated carbocycles. The van der Waals surface area contributed by atoms with Gasteiger partial charge in [-0.25, -0.2) is 4.98 Å². The Morgan fingerprint density at radius 2 is 2.05 bits per heavy atom. The van der Waals surface area contributed by atoms with E-state index in [1.807, 2.05) is 6.20 Å². The van der Waals surface area contributed by atoms with Gasteiger partial charge in [0, 0.05) is 24.8 Å². The molecule has 0 amide bonds. The van der Waals surface area contributed by atoms with Gasteiger partial charge in [-0.1, -0.05) is 26.8 Å². The zero-order chi connectivity index (χ0) is 13.5. The highest BCUT2D eigenvalue weighted by Crippen LogP contribution is 2.30. The Hall–Kier alpha value is -1.09. The van der Waals surface area contributed by atoms with Gasteiger partial charge in [0.1, 0.15) is 5.82 Å². The van der Waals surface area contributed by atoms with Crippen LogP contribution in [0.15, 0.2) is 18.3 Å². The van der Waals surface area contributed by atoms with Crippen molar-refractivity contribution in [1.82, 2.24) is 9.88 Å². The standard InChI is InChI=1S/C16H25N3/c1-16(2,3)12-6-7-15(17-11-12)18-13-8-10-19-9-4-5-14(13)19/h6-7,11,13-14H,4-5,8-10H2,1-3H3,(H,17,18). The molecule has 2 saturated heterocycles. The lowest BCUT2D eigenvalue weighted by atomic mass is 9.88. The first-order valence-corrected chi connectivity index (χ1v) is 7.51. The molecule has 3 heteroatoms. The van der Waals surface area contributed by atoms with Gasteiger partial charge in [-0.05, 0) is 42.9 Å². The van der Waals surface area contributed by atoms with Gasteiger partial charge in [0.05, 0.1) is 0 Å². The smallest absolute Gasteiger partial charge is 0.126 e. The summed E-state index contributed by atoms with van der Waals surface area (Å²) in [5.41, 5.74) is 1.48. The first-order chi connectivity index (χ1) is 9.04. The number of nitrogens with one attached hydrogen (secondary N) is 1. The number of rotatable bonds is 2. The largest absolute Gasteiger partial charge is 0.366 e. The van der Waals surface area contributed by atoms with Gasteiger partial charge in [0.25, 0.3) is 0 Å². The van der Waals surface area contributed by atoms with Crippen LogP contribution in [-0.4, -0.2) is 35.1 Å². The van der Waals surface area contributed by atoms with E-state index in [1.165, 1.54) is 37.9 Å². The average molecular weight is 259 g/mol. The highest BCUT2D eigenvalue weighted by molar-refractivity contribution is 5.39. The summed E-state index contributed by atoms with van der Waals surface area (Å²) in [6.07, 6.45) is 5.98. The van der Waals surface area contributed by atoms with E-state index in [-0.39, 0.29) is 5.41 Å². The van der Waals surface area contributed by atoms with E-state index in [1.54, 1.807) is 0 Å². The van der Waals surface area contributed by atoms with Gasteiger partial charge < -0.3 is 5.32 Å². The minimum Gasteiger partial charge on any atom is -0.366 e. The van der Waals surface area contributed by atoms with E-state index in [2.05, 4.69) is 48.1 Å². The van der Waals surface area contributed by atoms with Crippen molar-refractivity contribution in [2.45, 2.75) is 57.5 Å². The van der Waals surface area contributed by atoms with Crippen molar-refractivity contribution in [2.24, 2.45) is 0 Å². The van der Waals surface area contributed by atoms with Gasteiger partial charge in [0.15, 0.2) is 0 Å². The Balaban J connectivity index is 1.67. The fourth-order valence-corrected chi connectivity index (χ4v) is 3.36. The number of hydrogen-bond donors (Lipinski definition) is 1. The Labute approximate surface area is 116 Å². The van der Waals surface area contributed by atoms with Crippen molar-refractivity contribution in [1.29, 1.82) is 0 Å². The Morgan fingerprint density at radius 3 is 2.74 bits per heavy atom. The summed E-state index contributed by atoms with van der Waals surface area (Å²) in [5, 5.41) is 3.64. The first kappa shape index (κ1) is 12.9. The van der Waals surface area contributed by atoms with Crippen LogP contribution in [0.1, 0.15) is 45.6 Å². The van der Waals surface area contributed by atoms with Crippen molar-refractivity contribution in [3.63, 3.8) is 0 Å². The second-order valence-corrected chi connectivity index (χ2v) is 6.97. The maximum Gasteiger partial charge on any atom is 0.126 e. The Kier molecular flexibility index (Phi) is 3.25. The number of aromatic nitrogens is 1. The van der Waals surface area contributed by atoms with Crippen molar-refractivity contribution >= 4 is 5.82 Å². The molecule has 0 spiro atoms. The van der Waals surface area contributed by atoms with Crippen LogP contribution in [0.5, 0.6) is 0 Å². The molecule has 0 aromatic carbocycles. The minimum atomic E-state index is 0.182. The quantitative estimate of drug-likeness (QED) is 0.885. The summed E-state index contributed by atoms with van der Waals surface area (Å²) in [6, 6.07) is 5.68. The predicted molar refractivity (Wildman–Crippen MR) is 79.6 cm³/mol. The summed E-state index contributed by atoms with van der Waals surface area (Å²) in [7, 11) is 0. The van der Waals surface area contributed by atoms with Crippen molar-refractivity contribution in [2.75, 3.05) is 18.4 Å². The van der Waals surface area contributed by atoms with Crippen LogP contribution in [0, 0.1) is 0 Å². The SMILES string of the molecule is CC(C)(C)c1ccc(NC2CCN3CCCC23)nc1. The third-order valence-electron chi connectivity index (χ3n) is 4.57. The van der Waals surface area contributed by atoms with E-state index in [9.17, 15) is 0 Å². The molecule has 2 aliphatic rings. The third-order valence-corrected chi connectivity index (χ3v) is 4.57. The molecule has 3 heterocycles. The zero-order valence-electron chi connectivity index (χ0n) is 12.3. The minimum absolute atomic E-state index is 0.182. The second-order valence-electron chi connectivity index (χ2n) is 6.97. The van der Waals surface area contributed by atoms with Crippen molar-refractivity contribution in [3.05, 3.63) is 23.9 Å². The Morgan fingerprint density at radius 1 is 1.21 bits per heavy atom. The highest BCUT2D eigenvalue weighted by Gasteiger charge is 2.37. The summed E-state index contributed by atoms with van der Waals surface area (Å²) in [6.45, 7) is 9.22.